The van der Waals surface area contributed by atoms with Gasteiger partial charge in [-0.15, -0.1) is 0 Å². The average Bonchev–Trinajstić information content (AvgIpc) is 3.20. The van der Waals surface area contributed by atoms with Crippen molar-refractivity contribution in [2.45, 2.75) is 19.4 Å². The molecule has 0 atom stereocenters. The minimum atomic E-state index is -0.540. The van der Waals surface area contributed by atoms with Gasteiger partial charge in [0.1, 0.15) is 5.75 Å². The lowest BCUT2D eigenvalue weighted by Gasteiger charge is -2.07. The average molecular weight is 458 g/mol. The monoisotopic (exact) mass is 457 g/mol. The fourth-order valence-corrected chi connectivity index (χ4v) is 4.01. The number of carbonyl (C=O) groups is 2. The van der Waals surface area contributed by atoms with Gasteiger partial charge in [-0.2, -0.15) is 0 Å². The molecule has 7 heteroatoms. The molecule has 0 bridgehead atoms. The highest BCUT2D eigenvalue weighted by Gasteiger charge is 2.12. The molecule has 174 valence electrons. The lowest BCUT2D eigenvalue weighted by molar-refractivity contribution is -0.120. The quantitative estimate of drug-likeness (QED) is 0.264. The predicted molar refractivity (Wildman–Crippen MR) is 130 cm³/mol. The van der Waals surface area contributed by atoms with Gasteiger partial charge in [0.05, 0.1) is 13.5 Å². The number of hydrogen-bond acceptors (Lipinski definition) is 4. The van der Waals surface area contributed by atoms with E-state index in [0.29, 0.717) is 31.5 Å². The SMILES string of the molecule is COc1ccc2c(c1)c(CCNC(=O)Cc1ccccc1)cn2Cc1ccc(C(=O)NO)cc1. The number of methoxy groups -OCH3 is 1. The van der Waals surface area contributed by atoms with Crippen LogP contribution in [0.2, 0.25) is 0 Å². The van der Waals surface area contributed by atoms with E-state index in [-0.39, 0.29) is 5.91 Å². The summed E-state index contributed by atoms with van der Waals surface area (Å²) in [5.41, 5.74) is 6.22. The van der Waals surface area contributed by atoms with E-state index in [1.54, 1.807) is 24.7 Å². The number of aromatic nitrogens is 1. The van der Waals surface area contributed by atoms with Gasteiger partial charge in [-0.25, -0.2) is 5.48 Å². The maximum Gasteiger partial charge on any atom is 0.274 e. The Hall–Kier alpha value is -4.10. The zero-order valence-corrected chi connectivity index (χ0v) is 19.0. The van der Waals surface area contributed by atoms with Crippen LogP contribution in [0, 0.1) is 0 Å². The van der Waals surface area contributed by atoms with Gasteiger partial charge in [0.15, 0.2) is 0 Å². The van der Waals surface area contributed by atoms with Gasteiger partial charge in [0.2, 0.25) is 5.91 Å². The molecule has 0 fully saturated rings. The molecule has 0 aliphatic carbocycles. The highest BCUT2D eigenvalue weighted by Crippen LogP contribution is 2.27. The van der Waals surface area contributed by atoms with Crippen LogP contribution in [0.5, 0.6) is 5.75 Å². The van der Waals surface area contributed by atoms with E-state index >= 15 is 0 Å². The molecule has 0 saturated heterocycles. The Labute approximate surface area is 197 Å². The summed E-state index contributed by atoms with van der Waals surface area (Å²) in [5, 5.41) is 12.9. The molecular weight excluding hydrogens is 430 g/mol. The topological polar surface area (TPSA) is 92.6 Å². The first-order valence-electron chi connectivity index (χ1n) is 11.1. The first-order valence-corrected chi connectivity index (χ1v) is 11.1. The van der Waals surface area contributed by atoms with Crippen LogP contribution < -0.4 is 15.5 Å². The van der Waals surface area contributed by atoms with Gasteiger partial charge in [-0.1, -0.05) is 42.5 Å². The number of nitrogens with zero attached hydrogens (tertiary/aromatic N) is 1. The number of ether oxygens (including phenoxy) is 1. The number of benzene rings is 3. The molecule has 4 rings (SSSR count). The second-order valence-corrected chi connectivity index (χ2v) is 8.07. The molecule has 0 radical (unpaired) electrons. The zero-order valence-electron chi connectivity index (χ0n) is 19.0. The van der Waals surface area contributed by atoms with E-state index in [1.807, 2.05) is 60.7 Å². The summed E-state index contributed by atoms with van der Waals surface area (Å²) < 4.78 is 7.57. The van der Waals surface area contributed by atoms with Gasteiger partial charge in [0.25, 0.3) is 5.91 Å². The normalized spacial score (nSPS) is 10.8. The molecule has 1 heterocycles. The third-order valence-corrected chi connectivity index (χ3v) is 5.77. The Morgan fingerprint density at radius 2 is 1.74 bits per heavy atom. The largest absolute Gasteiger partial charge is 0.497 e. The van der Waals surface area contributed by atoms with E-state index in [9.17, 15) is 9.59 Å². The van der Waals surface area contributed by atoms with Gasteiger partial charge in [-0.3, -0.25) is 14.8 Å². The molecule has 0 aliphatic heterocycles. The molecule has 0 aliphatic rings. The number of hydroxylamine groups is 1. The summed E-state index contributed by atoms with van der Waals surface area (Å²) in [6.07, 6.45) is 3.15. The van der Waals surface area contributed by atoms with E-state index in [4.69, 9.17) is 9.94 Å². The number of carbonyl (C=O) groups excluding carboxylic acids is 2. The molecule has 1 aromatic heterocycles. The van der Waals surface area contributed by atoms with Gasteiger partial charge >= 0.3 is 0 Å². The Bertz CT molecular complexity index is 1280. The van der Waals surface area contributed by atoms with E-state index in [2.05, 4.69) is 16.1 Å². The summed E-state index contributed by atoms with van der Waals surface area (Å²) in [7, 11) is 1.64. The number of hydrogen-bond donors (Lipinski definition) is 3. The fourth-order valence-electron chi connectivity index (χ4n) is 4.01. The van der Waals surface area contributed by atoms with Crippen molar-refractivity contribution >= 4 is 22.7 Å². The maximum atomic E-state index is 12.3. The van der Waals surface area contributed by atoms with Crippen molar-refractivity contribution in [2.24, 2.45) is 0 Å². The molecule has 0 saturated carbocycles. The molecule has 4 aromatic rings. The van der Waals surface area contributed by atoms with Crippen LogP contribution in [0.25, 0.3) is 10.9 Å². The number of amides is 2. The van der Waals surface area contributed by atoms with E-state index in [1.165, 1.54) is 0 Å². The van der Waals surface area contributed by atoms with E-state index < -0.39 is 5.91 Å². The van der Waals surface area contributed by atoms with Crippen molar-refractivity contribution in [3.8, 4) is 5.75 Å². The van der Waals surface area contributed by atoms with Crippen LogP contribution in [-0.2, 0) is 24.2 Å². The summed E-state index contributed by atoms with van der Waals surface area (Å²) in [5.74, 6) is 0.236. The molecule has 34 heavy (non-hydrogen) atoms. The standard InChI is InChI=1S/C27H27N3O4/c1-34-23-11-12-25-24(16-23)22(13-14-28-26(31)15-19-5-3-2-4-6-19)18-30(25)17-20-7-9-21(10-8-20)27(32)29-33/h2-12,16,18,33H,13-15,17H2,1H3,(H,28,31)(H,29,32). The van der Waals surface area contributed by atoms with Crippen LogP contribution in [0.4, 0.5) is 0 Å². The first-order chi connectivity index (χ1) is 16.6. The molecule has 0 spiro atoms. The van der Waals surface area contributed by atoms with Crippen molar-refractivity contribution in [1.29, 1.82) is 0 Å². The summed E-state index contributed by atoms with van der Waals surface area (Å²) >= 11 is 0. The van der Waals surface area contributed by atoms with Crippen LogP contribution >= 0.6 is 0 Å². The number of nitrogens with one attached hydrogen (secondary N) is 2. The van der Waals surface area contributed by atoms with Crippen molar-refractivity contribution in [3.63, 3.8) is 0 Å². The van der Waals surface area contributed by atoms with E-state index in [0.717, 1.165) is 33.3 Å². The fraction of sp³-hybridized carbons (Fsp3) is 0.185. The lowest BCUT2D eigenvalue weighted by Crippen LogP contribution is -2.27. The Morgan fingerprint density at radius 3 is 2.44 bits per heavy atom. The highest BCUT2D eigenvalue weighted by atomic mass is 16.5. The maximum absolute atomic E-state index is 12.3. The predicted octanol–water partition coefficient (Wildman–Crippen LogP) is 3.72. The van der Waals surface area contributed by atoms with Gasteiger partial charge in [-0.05, 0) is 53.4 Å². The van der Waals surface area contributed by atoms with Crippen LogP contribution in [-0.4, -0.2) is 35.2 Å². The molecule has 0 unspecified atom stereocenters. The minimum Gasteiger partial charge on any atom is -0.497 e. The van der Waals surface area contributed by atoms with Gasteiger partial charge < -0.3 is 14.6 Å². The Morgan fingerprint density at radius 1 is 0.971 bits per heavy atom. The van der Waals surface area contributed by atoms with Crippen molar-refractivity contribution < 1.29 is 19.5 Å². The molecule has 7 nitrogen and oxygen atoms in total. The smallest absolute Gasteiger partial charge is 0.274 e. The van der Waals surface area contributed by atoms with Crippen molar-refractivity contribution in [2.75, 3.05) is 13.7 Å². The van der Waals surface area contributed by atoms with Crippen molar-refractivity contribution in [1.82, 2.24) is 15.4 Å². The second-order valence-electron chi connectivity index (χ2n) is 8.07. The second kappa shape index (κ2) is 10.7. The van der Waals surface area contributed by atoms with Crippen LogP contribution in [0.15, 0.2) is 79.0 Å². The third kappa shape index (κ3) is 5.44. The Kier molecular flexibility index (Phi) is 7.25. The minimum absolute atomic E-state index is 0.000440. The highest BCUT2D eigenvalue weighted by molar-refractivity contribution is 5.93. The first kappa shape index (κ1) is 23.1. The zero-order chi connectivity index (χ0) is 23.9. The third-order valence-electron chi connectivity index (χ3n) is 5.77. The van der Waals surface area contributed by atoms with Gasteiger partial charge in [0, 0.05) is 35.8 Å². The lowest BCUT2D eigenvalue weighted by atomic mass is 10.1. The summed E-state index contributed by atoms with van der Waals surface area (Å²) in [4.78, 5) is 23.9. The molecular formula is C27H27N3O4. The van der Waals surface area contributed by atoms with Crippen LogP contribution in [0.3, 0.4) is 0 Å². The van der Waals surface area contributed by atoms with Crippen LogP contribution in [0.1, 0.15) is 27.0 Å². The molecule has 3 aromatic carbocycles. The molecule has 3 N–H and O–H groups in total. The van der Waals surface area contributed by atoms with Crippen molar-refractivity contribution in [3.05, 3.63) is 101 Å². The summed E-state index contributed by atoms with van der Waals surface area (Å²) in [6, 6.07) is 22.7. The molecule has 2 amide bonds. The number of rotatable bonds is 9. The number of fused-ring (bicyclic) bond motifs is 1. The Balaban J connectivity index is 1.49. The summed E-state index contributed by atoms with van der Waals surface area (Å²) in [6.45, 7) is 1.15.